The molecule has 1 fully saturated rings. The van der Waals surface area contributed by atoms with E-state index in [2.05, 4.69) is 10.4 Å². The Hall–Kier alpha value is -3.04. The lowest BCUT2D eigenvalue weighted by Crippen LogP contribution is -2.40. The van der Waals surface area contributed by atoms with Crippen LogP contribution in [0.4, 0.5) is 24.7 Å². The number of anilines is 2. The molecule has 10 heteroatoms. The average molecular weight is 437 g/mol. The molecule has 1 aromatic carbocycles. The van der Waals surface area contributed by atoms with Crippen LogP contribution in [0.1, 0.15) is 48.1 Å². The standard InChI is InChI=1S/C21H26F3N5O2/c1-12-3-6-15(7-4-12)27-19-16(18(25)30)10-29(28-19)17-8-5-14(9-13(17)2)20(31)26-11-21(22,23)24/h3-4,6-7,10,13-14,17H,5,8-9,11H2,1-2H3,(H2,25,30)(H,26,31)(H,27,28)/t13-,14-,17-/m0/s1. The maximum atomic E-state index is 12.4. The molecule has 1 aromatic heterocycles. The normalized spacial score (nSPS) is 21.5. The van der Waals surface area contributed by atoms with Crippen LogP contribution in [0, 0.1) is 18.8 Å². The van der Waals surface area contributed by atoms with E-state index in [1.807, 2.05) is 43.4 Å². The molecule has 1 heterocycles. The molecule has 1 aliphatic carbocycles. The summed E-state index contributed by atoms with van der Waals surface area (Å²) in [5.74, 6) is -1.36. The molecule has 168 valence electrons. The van der Waals surface area contributed by atoms with E-state index < -0.39 is 30.5 Å². The molecule has 7 nitrogen and oxygen atoms in total. The van der Waals surface area contributed by atoms with Crippen LogP contribution in [0.2, 0.25) is 0 Å². The largest absolute Gasteiger partial charge is 0.405 e. The highest BCUT2D eigenvalue weighted by Gasteiger charge is 2.35. The average Bonchev–Trinajstić information content (AvgIpc) is 3.11. The fourth-order valence-electron chi connectivity index (χ4n) is 3.95. The smallest absolute Gasteiger partial charge is 0.365 e. The van der Waals surface area contributed by atoms with E-state index in [4.69, 9.17) is 5.73 Å². The highest BCUT2D eigenvalue weighted by atomic mass is 19.4. The minimum absolute atomic E-state index is 0.0248. The van der Waals surface area contributed by atoms with Crippen LogP contribution in [0.3, 0.4) is 0 Å². The Morgan fingerprint density at radius 2 is 1.90 bits per heavy atom. The molecular weight excluding hydrogens is 411 g/mol. The summed E-state index contributed by atoms with van der Waals surface area (Å²) in [5, 5.41) is 9.60. The lowest BCUT2D eigenvalue weighted by molar-refractivity contribution is -0.141. The first-order chi connectivity index (χ1) is 14.5. The number of hydrogen-bond acceptors (Lipinski definition) is 4. The zero-order valence-electron chi connectivity index (χ0n) is 17.4. The monoisotopic (exact) mass is 437 g/mol. The van der Waals surface area contributed by atoms with Crippen molar-refractivity contribution in [2.75, 3.05) is 11.9 Å². The summed E-state index contributed by atoms with van der Waals surface area (Å²) in [6.07, 6.45) is -1.43. The number of carbonyl (C=O) groups is 2. The minimum Gasteiger partial charge on any atom is -0.365 e. The van der Waals surface area contributed by atoms with E-state index in [0.717, 1.165) is 11.3 Å². The number of hydrogen-bond donors (Lipinski definition) is 3. The SMILES string of the molecule is Cc1ccc(Nc2nn([C@H]3CC[C@H](C(=O)NCC(F)(F)F)C[C@@H]3C)cc2C(N)=O)cc1. The summed E-state index contributed by atoms with van der Waals surface area (Å²) in [6, 6.07) is 7.49. The predicted molar refractivity (Wildman–Crippen MR) is 110 cm³/mol. The molecule has 4 N–H and O–H groups in total. The van der Waals surface area contributed by atoms with E-state index in [-0.39, 0.29) is 17.5 Å². The number of primary amides is 1. The van der Waals surface area contributed by atoms with Crippen LogP contribution in [0.5, 0.6) is 0 Å². The molecule has 31 heavy (non-hydrogen) atoms. The van der Waals surface area contributed by atoms with E-state index in [0.29, 0.717) is 25.1 Å². The summed E-state index contributed by atoms with van der Waals surface area (Å²) < 4.78 is 38.7. The van der Waals surface area contributed by atoms with Gasteiger partial charge in [0.1, 0.15) is 12.1 Å². The molecule has 3 atom stereocenters. The van der Waals surface area contributed by atoms with Gasteiger partial charge in [0.05, 0.1) is 6.04 Å². The molecular formula is C21H26F3N5O2. The number of nitrogens with one attached hydrogen (secondary N) is 2. The number of halogens is 3. The highest BCUT2D eigenvalue weighted by Crippen LogP contribution is 2.38. The summed E-state index contributed by atoms with van der Waals surface area (Å²) in [7, 11) is 0. The van der Waals surface area contributed by atoms with Gasteiger partial charge in [0, 0.05) is 17.8 Å². The molecule has 0 unspecified atom stereocenters. The molecule has 1 aliphatic rings. The van der Waals surface area contributed by atoms with Gasteiger partial charge >= 0.3 is 6.18 Å². The van der Waals surface area contributed by atoms with Gasteiger partial charge in [0.15, 0.2) is 5.82 Å². The van der Waals surface area contributed by atoms with Crippen LogP contribution in [0.15, 0.2) is 30.5 Å². The third-order valence-corrected chi connectivity index (χ3v) is 5.61. The molecule has 1 saturated carbocycles. The summed E-state index contributed by atoms with van der Waals surface area (Å²) in [6.45, 7) is 2.57. The fraction of sp³-hybridized carbons (Fsp3) is 0.476. The molecule has 2 aromatic rings. The predicted octanol–water partition coefficient (Wildman–Crippen LogP) is 3.69. The second-order valence-corrected chi connectivity index (χ2v) is 8.11. The Morgan fingerprint density at radius 3 is 2.48 bits per heavy atom. The minimum atomic E-state index is -4.43. The van der Waals surface area contributed by atoms with Gasteiger partial charge in [-0.15, -0.1) is 0 Å². The number of rotatable bonds is 6. The van der Waals surface area contributed by atoms with Gasteiger partial charge < -0.3 is 16.4 Å². The first-order valence-corrected chi connectivity index (χ1v) is 10.1. The Bertz CT molecular complexity index is 939. The van der Waals surface area contributed by atoms with Crippen molar-refractivity contribution in [2.24, 2.45) is 17.6 Å². The van der Waals surface area contributed by atoms with Crippen LogP contribution in [-0.2, 0) is 4.79 Å². The molecule has 0 bridgehead atoms. The van der Waals surface area contributed by atoms with Gasteiger partial charge in [-0.3, -0.25) is 14.3 Å². The molecule has 0 saturated heterocycles. The summed E-state index contributed by atoms with van der Waals surface area (Å²) in [5.41, 5.74) is 7.63. The van der Waals surface area contributed by atoms with Gasteiger partial charge in [-0.2, -0.15) is 18.3 Å². The molecule has 0 spiro atoms. The summed E-state index contributed by atoms with van der Waals surface area (Å²) >= 11 is 0. The second-order valence-electron chi connectivity index (χ2n) is 8.11. The Morgan fingerprint density at radius 1 is 1.23 bits per heavy atom. The maximum absolute atomic E-state index is 12.4. The van der Waals surface area contributed by atoms with Crippen LogP contribution < -0.4 is 16.4 Å². The number of benzene rings is 1. The number of aryl methyl sites for hydroxylation is 1. The van der Waals surface area contributed by atoms with Crippen molar-refractivity contribution in [1.29, 1.82) is 0 Å². The van der Waals surface area contributed by atoms with Crippen LogP contribution in [0.25, 0.3) is 0 Å². The lowest BCUT2D eigenvalue weighted by Gasteiger charge is -2.33. The third kappa shape index (κ3) is 5.77. The first kappa shape index (κ1) is 22.6. The molecule has 3 rings (SSSR count). The number of alkyl halides is 3. The second kappa shape index (κ2) is 8.99. The van der Waals surface area contributed by atoms with Gasteiger partial charge in [-0.05, 0) is 44.2 Å². The van der Waals surface area contributed by atoms with Crippen LogP contribution in [-0.4, -0.2) is 34.3 Å². The summed E-state index contributed by atoms with van der Waals surface area (Å²) in [4.78, 5) is 24.0. The van der Waals surface area contributed by atoms with Crippen molar-refractivity contribution in [1.82, 2.24) is 15.1 Å². The molecule has 0 aliphatic heterocycles. The Labute approximate surface area is 178 Å². The zero-order valence-corrected chi connectivity index (χ0v) is 17.4. The number of carbonyl (C=O) groups excluding carboxylic acids is 2. The van der Waals surface area contributed by atoms with Gasteiger partial charge in [0.2, 0.25) is 5.91 Å². The van der Waals surface area contributed by atoms with Crippen molar-refractivity contribution in [3.8, 4) is 0 Å². The van der Waals surface area contributed by atoms with E-state index in [1.54, 1.807) is 10.9 Å². The van der Waals surface area contributed by atoms with E-state index >= 15 is 0 Å². The van der Waals surface area contributed by atoms with Crippen LogP contribution >= 0.6 is 0 Å². The number of aromatic nitrogens is 2. The molecule has 0 radical (unpaired) electrons. The maximum Gasteiger partial charge on any atom is 0.405 e. The fourth-order valence-corrected chi connectivity index (χ4v) is 3.95. The molecule has 2 amide bonds. The van der Waals surface area contributed by atoms with Crippen molar-refractivity contribution < 1.29 is 22.8 Å². The first-order valence-electron chi connectivity index (χ1n) is 10.1. The topological polar surface area (TPSA) is 102 Å². The van der Waals surface area contributed by atoms with E-state index in [9.17, 15) is 22.8 Å². The Balaban J connectivity index is 1.71. The third-order valence-electron chi connectivity index (χ3n) is 5.61. The van der Waals surface area contributed by atoms with Crippen molar-refractivity contribution in [3.63, 3.8) is 0 Å². The van der Waals surface area contributed by atoms with Gasteiger partial charge in [-0.25, -0.2) is 0 Å². The highest BCUT2D eigenvalue weighted by molar-refractivity contribution is 5.98. The number of nitrogens with two attached hydrogens (primary N) is 1. The van der Waals surface area contributed by atoms with E-state index in [1.165, 1.54) is 0 Å². The zero-order chi connectivity index (χ0) is 22.8. The number of nitrogens with zero attached hydrogens (tertiary/aromatic N) is 2. The van der Waals surface area contributed by atoms with Crippen molar-refractivity contribution in [2.45, 2.75) is 45.3 Å². The van der Waals surface area contributed by atoms with Gasteiger partial charge in [-0.1, -0.05) is 24.6 Å². The van der Waals surface area contributed by atoms with Crippen molar-refractivity contribution >= 4 is 23.3 Å². The van der Waals surface area contributed by atoms with Gasteiger partial charge in [0.25, 0.3) is 5.91 Å². The Kier molecular flexibility index (Phi) is 6.56. The van der Waals surface area contributed by atoms with Crippen molar-refractivity contribution in [3.05, 3.63) is 41.6 Å². The number of amides is 2. The lowest BCUT2D eigenvalue weighted by atomic mass is 9.78. The quantitative estimate of drug-likeness (QED) is 0.641.